The Labute approximate surface area is 91.6 Å². The van der Waals surface area contributed by atoms with Crippen LogP contribution in [0.3, 0.4) is 0 Å². The fourth-order valence-corrected chi connectivity index (χ4v) is 2.46. The lowest BCUT2D eigenvalue weighted by molar-refractivity contribution is 0.139. The Hall–Kier alpha value is 0.210. The standard InChI is InChI=1S/C11H20ClNO/c12-11-8-13(6-7-14-9-11)5-4-10-2-1-3-10/h10-11H,1-9H2. The van der Waals surface area contributed by atoms with Gasteiger partial charge in [0.1, 0.15) is 0 Å². The van der Waals surface area contributed by atoms with Gasteiger partial charge in [-0.1, -0.05) is 19.3 Å². The van der Waals surface area contributed by atoms with Crippen molar-refractivity contribution in [3.05, 3.63) is 0 Å². The van der Waals surface area contributed by atoms with E-state index in [1.807, 2.05) is 0 Å². The summed E-state index contributed by atoms with van der Waals surface area (Å²) in [6.45, 7) is 4.87. The number of hydrogen-bond acceptors (Lipinski definition) is 2. The number of nitrogens with zero attached hydrogens (tertiary/aromatic N) is 1. The average molecular weight is 218 g/mol. The molecular formula is C11H20ClNO. The third kappa shape index (κ3) is 3.11. The summed E-state index contributed by atoms with van der Waals surface area (Å²) < 4.78 is 5.41. The molecule has 0 aromatic heterocycles. The zero-order valence-corrected chi connectivity index (χ0v) is 9.51. The third-order valence-electron chi connectivity index (χ3n) is 3.39. The highest BCUT2D eigenvalue weighted by molar-refractivity contribution is 6.20. The van der Waals surface area contributed by atoms with Crippen LogP contribution in [0.2, 0.25) is 0 Å². The van der Waals surface area contributed by atoms with E-state index in [2.05, 4.69) is 4.90 Å². The molecule has 2 rings (SSSR count). The maximum atomic E-state index is 6.11. The van der Waals surface area contributed by atoms with Crippen molar-refractivity contribution in [3.8, 4) is 0 Å². The predicted molar refractivity (Wildman–Crippen MR) is 58.9 cm³/mol. The first kappa shape index (κ1) is 10.7. The van der Waals surface area contributed by atoms with Crippen molar-refractivity contribution < 1.29 is 4.74 Å². The minimum atomic E-state index is 0.193. The highest BCUT2D eigenvalue weighted by Crippen LogP contribution is 2.29. The van der Waals surface area contributed by atoms with Crippen molar-refractivity contribution in [2.24, 2.45) is 5.92 Å². The van der Waals surface area contributed by atoms with Gasteiger partial charge in [0.15, 0.2) is 0 Å². The van der Waals surface area contributed by atoms with E-state index in [4.69, 9.17) is 16.3 Å². The van der Waals surface area contributed by atoms with E-state index in [1.54, 1.807) is 0 Å². The molecule has 14 heavy (non-hydrogen) atoms. The van der Waals surface area contributed by atoms with Crippen molar-refractivity contribution >= 4 is 11.6 Å². The van der Waals surface area contributed by atoms with Crippen molar-refractivity contribution in [2.45, 2.75) is 31.1 Å². The summed E-state index contributed by atoms with van der Waals surface area (Å²) in [6, 6.07) is 0. The first-order valence-electron chi connectivity index (χ1n) is 5.79. The second kappa shape index (κ2) is 5.34. The maximum absolute atomic E-state index is 6.11. The molecule has 1 unspecified atom stereocenters. The van der Waals surface area contributed by atoms with E-state index in [0.29, 0.717) is 0 Å². The van der Waals surface area contributed by atoms with Crippen LogP contribution in [0.15, 0.2) is 0 Å². The Morgan fingerprint density at radius 2 is 2.21 bits per heavy atom. The first-order valence-corrected chi connectivity index (χ1v) is 6.22. The summed E-state index contributed by atoms with van der Waals surface area (Å²) in [5, 5.41) is 0.193. The molecule has 1 atom stereocenters. The molecule has 0 bridgehead atoms. The highest BCUT2D eigenvalue weighted by atomic mass is 35.5. The Bertz CT molecular complexity index is 173. The van der Waals surface area contributed by atoms with Crippen LogP contribution >= 0.6 is 11.6 Å². The van der Waals surface area contributed by atoms with Crippen LogP contribution < -0.4 is 0 Å². The molecule has 0 aromatic rings. The van der Waals surface area contributed by atoms with E-state index in [1.165, 1.54) is 32.2 Å². The lowest BCUT2D eigenvalue weighted by Crippen LogP contribution is -2.33. The summed E-state index contributed by atoms with van der Waals surface area (Å²) >= 11 is 6.11. The van der Waals surface area contributed by atoms with E-state index < -0.39 is 0 Å². The van der Waals surface area contributed by atoms with Crippen molar-refractivity contribution in [3.63, 3.8) is 0 Å². The molecule has 2 nitrogen and oxygen atoms in total. The summed E-state index contributed by atoms with van der Waals surface area (Å²) in [6.07, 6.45) is 5.72. The summed E-state index contributed by atoms with van der Waals surface area (Å²) in [7, 11) is 0. The zero-order chi connectivity index (χ0) is 9.80. The number of rotatable bonds is 3. The number of halogens is 1. The Balaban J connectivity index is 1.66. The second-order valence-electron chi connectivity index (χ2n) is 4.56. The van der Waals surface area contributed by atoms with Crippen LogP contribution in [0.5, 0.6) is 0 Å². The second-order valence-corrected chi connectivity index (χ2v) is 5.18. The zero-order valence-electron chi connectivity index (χ0n) is 8.75. The van der Waals surface area contributed by atoms with E-state index in [0.717, 1.165) is 32.2 Å². The van der Waals surface area contributed by atoms with Gasteiger partial charge < -0.3 is 4.74 Å². The highest BCUT2D eigenvalue weighted by Gasteiger charge is 2.20. The van der Waals surface area contributed by atoms with Crippen LogP contribution in [-0.4, -0.2) is 43.1 Å². The number of hydrogen-bond donors (Lipinski definition) is 0. The molecule has 0 amide bonds. The van der Waals surface area contributed by atoms with Crippen molar-refractivity contribution in [1.82, 2.24) is 4.90 Å². The SMILES string of the molecule is ClC1COCCN(CCC2CCC2)C1. The minimum absolute atomic E-state index is 0.193. The average Bonchev–Trinajstić information content (AvgIpc) is 2.27. The third-order valence-corrected chi connectivity index (χ3v) is 3.65. The molecule has 0 N–H and O–H groups in total. The van der Waals surface area contributed by atoms with Gasteiger partial charge in [-0.2, -0.15) is 0 Å². The van der Waals surface area contributed by atoms with E-state index >= 15 is 0 Å². The lowest BCUT2D eigenvalue weighted by atomic mass is 9.83. The van der Waals surface area contributed by atoms with Crippen LogP contribution in [0, 0.1) is 5.92 Å². The fraction of sp³-hybridized carbons (Fsp3) is 1.00. The molecule has 0 spiro atoms. The largest absolute Gasteiger partial charge is 0.379 e. The van der Waals surface area contributed by atoms with Crippen LogP contribution in [0.1, 0.15) is 25.7 Å². The topological polar surface area (TPSA) is 12.5 Å². The molecule has 0 aromatic carbocycles. The molecule has 3 heteroatoms. The quantitative estimate of drug-likeness (QED) is 0.672. The van der Waals surface area contributed by atoms with Gasteiger partial charge in [-0.05, 0) is 18.9 Å². The normalized spacial score (nSPS) is 31.1. The molecule has 1 aliphatic carbocycles. The van der Waals surface area contributed by atoms with E-state index in [9.17, 15) is 0 Å². The van der Waals surface area contributed by atoms with Gasteiger partial charge in [0.2, 0.25) is 0 Å². The molecule has 2 fully saturated rings. The van der Waals surface area contributed by atoms with Crippen LogP contribution in [0.4, 0.5) is 0 Å². The summed E-state index contributed by atoms with van der Waals surface area (Å²) in [5.74, 6) is 1.01. The molecule has 1 aliphatic heterocycles. The summed E-state index contributed by atoms with van der Waals surface area (Å²) in [5.41, 5.74) is 0. The maximum Gasteiger partial charge on any atom is 0.0696 e. The molecule has 1 heterocycles. The molecule has 82 valence electrons. The van der Waals surface area contributed by atoms with Gasteiger partial charge in [-0.15, -0.1) is 11.6 Å². The van der Waals surface area contributed by atoms with Gasteiger partial charge in [-0.3, -0.25) is 4.90 Å². The van der Waals surface area contributed by atoms with E-state index in [-0.39, 0.29) is 5.38 Å². The minimum Gasteiger partial charge on any atom is -0.379 e. The number of alkyl halides is 1. The van der Waals surface area contributed by atoms with Gasteiger partial charge in [0.05, 0.1) is 18.6 Å². The Morgan fingerprint density at radius 3 is 2.93 bits per heavy atom. The molecule has 1 saturated carbocycles. The lowest BCUT2D eigenvalue weighted by Gasteiger charge is -2.28. The van der Waals surface area contributed by atoms with Gasteiger partial charge in [0, 0.05) is 13.1 Å². The fourth-order valence-electron chi connectivity index (χ4n) is 2.18. The Kier molecular flexibility index (Phi) is 4.09. The number of ether oxygens (including phenoxy) is 1. The van der Waals surface area contributed by atoms with Gasteiger partial charge in [0.25, 0.3) is 0 Å². The predicted octanol–water partition coefficient (Wildman–Crippen LogP) is 2.12. The van der Waals surface area contributed by atoms with Crippen molar-refractivity contribution in [1.29, 1.82) is 0 Å². The van der Waals surface area contributed by atoms with Crippen molar-refractivity contribution in [2.75, 3.05) is 32.8 Å². The van der Waals surface area contributed by atoms with Crippen LogP contribution in [0.25, 0.3) is 0 Å². The Morgan fingerprint density at radius 1 is 1.36 bits per heavy atom. The smallest absolute Gasteiger partial charge is 0.0696 e. The van der Waals surface area contributed by atoms with Crippen LogP contribution in [-0.2, 0) is 4.74 Å². The van der Waals surface area contributed by atoms with Gasteiger partial charge in [-0.25, -0.2) is 0 Å². The first-order chi connectivity index (χ1) is 6.84. The van der Waals surface area contributed by atoms with Gasteiger partial charge >= 0.3 is 0 Å². The molecule has 0 radical (unpaired) electrons. The monoisotopic (exact) mass is 217 g/mol. The molecular weight excluding hydrogens is 198 g/mol. The summed E-state index contributed by atoms with van der Waals surface area (Å²) in [4.78, 5) is 2.46. The molecule has 1 saturated heterocycles. The molecule has 2 aliphatic rings.